The number of furan rings is 1. The van der Waals surface area contributed by atoms with Crippen molar-refractivity contribution >= 4 is 5.96 Å². The Bertz CT molecular complexity index is 773. The molecule has 0 saturated heterocycles. The van der Waals surface area contributed by atoms with E-state index in [0.717, 1.165) is 48.3 Å². The quantitative estimate of drug-likeness (QED) is 0.311. The lowest BCUT2D eigenvalue weighted by Gasteiger charge is -2.25. The highest BCUT2D eigenvalue weighted by Gasteiger charge is 2.22. The van der Waals surface area contributed by atoms with Gasteiger partial charge in [0.25, 0.3) is 0 Å². The maximum absolute atomic E-state index is 5.62. The van der Waals surface area contributed by atoms with Crippen LogP contribution >= 0.6 is 0 Å². The van der Waals surface area contributed by atoms with Crippen LogP contribution in [0.25, 0.3) is 0 Å². The molecule has 0 fully saturated rings. The van der Waals surface area contributed by atoms with E-state index in [-0.39, 0.29) is 5.41 Å². The molecular weight excluding hydrogens is 382 g/mol. The number of methoxy groups -OCH3 is 2. The molecule has 7 heteroatoms. The van der Waals surface area contributed by atoms with E-state index in [2.05, 4.69) is 37.5 Å². The molecule has 1 aromatic heterocycles. The summed E-state index contributed by atoms with van der Waals surface area (Å²) in [6.45, 7) is 9.77. The first-order valence-electron chi connectivity index (χ1n) is 10.3. The lowest BCUT2D eigenvalue weighted by Crippen LogP contribution is -2.39. The van der Waals surface area contributed by atoms with Crippen LogP contribution in [-0.2, 0) is 16.8 Å². The normalized spacial score (nSPS) is 12.0. The largest absolute Gasteiger partial charge is 0.493 e. The summed E-state index contributed by atoms with van der Waals surface area (Å²) in [7, 11) is 3.29. The molecule has 0 atom stereocenters. The zero-order chi connectivity index (χ0) is 21.8. The monoisotopic (exact) mass is 417 g/mol. The summed E-state index contributed by atoms with van der Waals surface area (Å²) in [6.07, 6.45) is 2.53. The van der Waals surface area contributed by atoms with Gasteiger partial charge in [-0.15, -0.1) is 0 Å². The van der Waals surface area contributed by atoms with E-state index in [1.807, 2.05) is 24.3 Å². The van der Waals surface area contributed by atoms with Crippen molar-refractivity contribution in [2.24, 2.45) is 4.99 Å². The van der Waals surface area contributed by atoms with Gasteiger partial charge in [0.2, 0.25) is 0 Å². The highest BCUT2D eigenvalue weighted by Crippen LogP contribution is 2.33. The van der Waals surface area contributed by atoms with Crippen LogP contribution in [0.15, 0.2) is 46.0 Å². The standard InChI is InChI=1S/C23H35N3O4/c1-6-24-22(25-12-8-13-29-16-19-9-7-14-30-19)26-17-23(2,3)18-10-11-20(27-4)21(15-18)28-5/h7,9-11,14-15H,6,8,12-13,16-17H2,1-5H3,(H2,24,25,26). The Hall–Kier alpha value is -2.67. The van der Waals surface area contributed by atoms with Crippen molar-refractivity contribution in [2.75, 3.05) is 40.5 Å². The molecule has 2 rings (SSSR count). The van der Waals surface area contributed by atoms with Gasteiger partial charge in [0.1, 0.15) is 12.4 Å². The minimum Gasteiger partial charge on any atom is -0.493 e. The Morgan fingerprint density at radius 1 is 1.10 bits per heavy atom. The Kier molecular flexibility index (Phi) is 9.54. The number of rotatable bonds is 12. The van der Waals surface area contributed by atoms with Crippen molar-refractivity contribution in [3.8, 4) is 11.5 Å². The minimum absolute atomic E-state index is 0.159. The molecule has 0 aliphatic rings. The molecule has 1 heterocycles. The molecule has 1 aromatic carbocycles. The van der Waals surface area contributed by atoms with Gasteiger partial charge in [0.15, 0.2) is 17.5 Å². The molecular formula is C23H35N3O4. The molecule has 2 aromatic rings. The third kappa shape index (κ3) is 7.30. The van der Waals surface area contributed by atoms with Gasteiger partial charge in [-0.1, -0.05) is 19.9 Å². The average molecular weight is 418 g/mol. The first kappa shape index (κ1) is 23.6. The zero-order valence-corrected chi connectivity index (χ0v) is 18.8. The van der Waals surface area contributed by atoms with Crippen LogP contribution in [0.4, 0.5) is 0 Å². The summed E-state index contributed by atoms with van der Waals surface area (Å²) >= 11 is 0. The second-order valence-corrected chi connectivity index (χ2v) is 7.56. The van der Waals surface area contributed by atoms with E-state index in [1.54, 1.807) is 20.5 Å². The Balaban J connectivity index is 1.86. The predicted molar refractivity (Wildman–Crippen MR) is 120 cm³/mol. The van der Waals surface area contributed by atoms with Gasteiger partial charge in [-0.05, 0) is 43.2 Å². The van der Waals surface area contributed by atoms with Gasteiger partial charge in [0.05, 0.1) is 27.0 Å². The highest BCUT2D eigenvalue weighted by atomic mass is 16.5. The van der Waals surface area contributed by atoms with Crippen molar-refractivity contribution in [2.45, 2.75) is 39.2 Å². The van der Waals surface area contributed by atoms with Crippen molar-refractivity contribution < 1.29 is 18.6 Å². The summed E-state index contributed by atoms with van der Waals surface area (Å²) in [6, 6.07) is 9.79. The molecule has 2 N–H and O–H groups in total. The van der Waals surface area contributed by atoms with Crippen molar-refractivity contribution in [1.29, 1.82) is 0 Å². The number of hydrogen-bond acceptors (Lipinski definition) is 5. The summed E-state index contributed by atoms with van der Waals surface area (Å²) in [5.41, 5.74) is 0.986. The molecule has 0 spiro atoms. The van der Waals surface area contributed by atoms with Gasteiger partial charge in [-0.2, -0.15) is 0 Å². The van der Waals surface area contributed by atoms with Gasteiger partial charge >= 0.3 is 0 Å². The van der Waals surface area contributed by atoms with E-state index < -0.39 is 0 Å². The molecule has 0 amide bonds. The smallest absolute Gasteiger partial charge is 0.191 e. The predicted octanol–water partition coefficient (Wildman–Crippen LogP) is 3.74. The van der Waals surface area contributed by atoms with Gasteiger partial charge in [-0.3, -0.25) is 4.99 Å². The van der Waals surface area contributed by atoms with E-state index in [4.69, 9.17) is 23.6 Å². The minimum atomic E-state index is -0.159. The van der Waals surface area contributed by atoms with Crippen molar-refractivity contribution in [1.82, 2.24) is 10.6 Å². The molecule has 0 aliphatic carbocycles. The maximum Gasteiger partial charge on any atom is 0.191 e. The summed E-state index contributed by atoms with van der Waals surface area (Å²) in [5.74, 6) is 3.10. The first-order chi connectivity index (χ1) is 14.5. The number of nitrogens with zero attached hydrogens (tertiary/aromatic N) is 1. The molecule has 0 saturated carbocycles. The molecule has 166 valence electrons. The van der Waals surface area contributed by atoms with Crippen LogP contribution in [0.3, 0.4) is 0 Å². The molecule has 0 radical (unpaired) electrons. The lowest BCUT2D eigenvalue weighted by atomic mass is 9.84. The number of guanidine groups is 1. The Morgan fingerprint density at radius 3 is 2.57 bits per heavy atom. The number of aliphatic imine (C=N–C) groups is 1. The third-order valence-electron chi connectivity index (χ3n) is 4.72. The summed E-state index contributed by atoms with van der Waals surface area (Å²) in [4.78, 5) is 4.78. The number of benzene rings is 1. The van der Waals surface area contributed by atoms with Crippen LogP contribution in [0, 0.1) is 0 Å². The molecule has 30 heavy (non-hydrogen) atoms. The van der Waals surface area contributed by atoms with Gasteiger partial charge in [0, 0.05) is 25.1 Å². The lowest BCUT2D eigenvalue weighted by molar-refractivity contribution is 0.105. The number of nitrogens with one attached hydrogen (secondary N) is 2. The van der Waals surface area contributed by atoms with Crippen LogP contribution in [-0.4, -0.2) is 46.4 Å². The molecule has 7 nitrogen and oxygen atoms in total. The molecule has 0 aliphatic heterocycles. The van der Waals surface area contributed by atoms with E-state index >= 15 is 0 Å². The number of hydrogen-bond donors (Lipinski definition) is 2. The van der Waals surface area contributed by atoms with Crippen LogP contribution < -0.4 is 20.1 Å². The topological polar surface area (TPSA) is 77.3 Å². The zero-order valence-electron chi connectivity index (χ0n) is 18.8. The highest BCUT2D eigenvalue weighted by molar-refractivity contribution is 5.79. The third-order valence-corrected chi connectivity index (χ3v) is 4.72. The summed E-state index contributed by atoms with van der Waals surface area (Å²) < 4.78 is 21.7. The molecule has 0 unspecified atom stereocenters. The van der Waals surface area contributed by atoms with E-state index in [9.17, 15) is 0 Å². The maximum atomic E-state index is 5.62. The Labute approximate surface area is 179 Å². The second-order valence-electron chi connectivity index (χ2n) is 7.56. The van der Waals surface area contributed by atoms with Crippen molar-refractivity contribution in [3.63, 3.8) is 0 Å². The fraction of sp³-hybridized carbons (Fsp3) is 0.522. The summed E-state index contributed by atoms with van der Waals surface area (Å²) in [5, 5.41) is 6.67. The van der Waals surface area contributed by atoms with Gasteiger partial charge < -0.3 is 29.3 Å². The van der Waals surface area contributed by atoms with Crippen molar-refractivity contribution in [3.05, 3.63) is 47.9 Å². The van der Waals surface area contributed by atoms with E-state index in [0.29, 0.717) is 19.8 Å². The average Bonchev–Trinajstić information content (AvgIpc) is 3.27. The SMILES string of the molecule is CCNC(=NCC(C)(C)c1ccc(OC)c(OC)c1)NCCCOCc1ccco1. The fourth-order valence-corrected chi connectivity index (χ4v) is 2.92. The van der Waals surface area contributed by atoms with Gasteiger partial charge in [-0.25, -0.2) is 0 Å². The number of ether oxygens (including phenoxy) is 3. The fourth-order valence-electron chi connectivity index (χ4n) is 2.92. The first-order valence-corrected chi connectivity index (χ1v) is 10.3. The Morgan fingerprint density at radius 2 is 1.90 bits per heavy atom. The van der Waals surface area contributed by atoms with Crippen LogP contribution in [0.1, 0.15) is 38.5 Å². The van der Waals surface area contributed by atoms with Crippen LogP contribution in [0.2, 0.25) is 0 Å². The van der Waals surface area contributed by atoms with Crippen LogP contribution in [0.5, 0.6) is 11.5 Å². The second kappa shape index (κ2) is 12.1. The molecule has 0 bridgehead atoms. The van der Waals surface area contributed by atoms with E-state index in [1.165, 1.54) is 0 Å².